The summed E-state index contributed by atoms with van der Waals surface area (Å²) in [5, 5.41) is 21.2. The fourth-order valence-corrected chi connectivity index (χ4v) is 8.10. The lowest BCUT2D eigenvalue weighted by Crippen LogP contribution is -2.46. The van der Waals surface area contributed by atoms with Gasteiger partial charge in [-0.15, -0.1) is 0 Å². The predicted octanol–water partition coefficient (Wildman–Crippen LogP) is -2.45. The number of hydrogen-bond donors (Lipinski definition) is 15. The van der Waals surface area contributed by atoms with Gasteiger partial charge in [-0.3, -0.25) is 19.6 Å². The first-order valence-electron chi connectivity index (χ1n) is 28.7. The lowest BCUT2D eigenvalue weighted by molar-refractivity contribution is 0.164. The second-order valence-corrected chi connectivity index (χ2v) is 20.2. The first-order chi connectivity index (χ1) is 34.9. The van der Waals surface area contributed by atoms with Gasteiger partial charge in [0.15, 0.2) is 0 Å². The van der Waals surface area contributed by atoms with Crippen LogP contribution < -0.4 is 83.5 Å². The molecule has 0 fully saturated rings. The predicted molar refractivity (Wildman–Crippen MR) is 315 cm³/mol. The first kappa shape index (κ1) is 75.4. The molecule has 0 aliphatic carbocycles. The molecule has 21 heteroatoms. The van der Waals surface area contributed by atoms with E-state index in [4.69, 9.17) is 51.6 Å². The van der Waals surface area contributed by atoms with Crippen molar-refractivity contribution >= 4 is 0 Å². The molecule has 0 aromatic rings. The minimum absolute atomic E-state index is 0.502. The zero-order valence-corrected chi connectivity index (χ0v) is 48.3. The summed E-state index contributed by atoms with van der Waals surface area (Å²) in [7, 11) is 12.5. The molecule has 438 valence electrons. The van der Waals surface area contributed by atoms with Crippen molar-refractivity contribution < 1.29 is 0 Å². The Morgan fingerprint density at radius 1 is 0.306 bits per heavy atom. The van der Waals surface area contributed by atoms with Crippen molar-refractivity contribution in [1.29, 1.82) is 0 Å². The lowest BCUT2D eigenvalue weighted by Gasteiger charge is -2.33. The Kier molecular flexibility index (Phi) is 63.9. The van der Waals surface area contributed by atoms with Crippen LogP contribution >= 0.6 is 0 Å². The van der Waals surface area contributed by atoms with Crippen LogP contribution in [0.4, 0.5) is 0 Å². The van der Waals surface area contributed by atoms with Crippen molar-refractivity contribution in [2.24, 2.45) is 51.6 Å². The summed E-state index contributed by atoms with van der Waals surface area (Å²) in [4.78, 5) is 14.1. The van der Waals surface area contributed by atoms with Crippen molar-refractivity contribution in [2.75, 3.05) is 219 Å². The molecule has 0 bridgehead atoms. The minimum Gasteiger partial charge on any atom is -0.330 e. The van der Waals surface area contributed by atoms with Gasteiger partial charge in [0.1, 0.15) is 0 Å². The summed E-state index contributed by atoms with van der Waals surface area (Å²) in [6.07, 6.45) is 16.5. The first-order valence-corrected chi connectivity index (χ1v) is 28.7. The van der Waals surface area contributed by atoms with E-state index in [9.17, 15) is 0 Å². The molecule has 3 atom stereocenters. The number of rotatable bonds is 54. The summed E-state index contributed by atoms with van der Waals surface area (Å²) in [6.45, 7) is 25.3. The van der Waals surface area contributed by atoms with E-state index in [1.165, 1.54) is 38.5 Å². The molecule has 0 aromatic carbocycles. The van der Waals surface area contributed by atoms with Gasteiger partial charge >= 0.3 is 0 Å². The third kappa shape index (κ3) is 56.9. The topological polar surface area (TPSA) is 326 Å². The molecule has 0 spiro atoms. The monoisotopic (exact) mass is 1040 g/mol. The van der Waals surface area contributed by atoms with Crippen LogP contribution in [0.25, 0.3) is 0 Å². The van der Waals surface area contributed by atoms with Crippen molar-refractivity contribution in [3.05, 3.63) is 0 Å². The third-order valence-corrected chi connectivity index (χ3v) is 12.1. The summed E-state index contributed by atoms with van der Waals surface area (Å²) >= 11 is 0. The quantitative estimate of drug-likeness (QED) is 0.0222. The van der Waals surface area contributed by atoms with Crippen LogP contribution in [0.1, 0.15) is 96.3 Å². The Balaban J connectivity index is -0.00000101. The molecule has 0 saturated carbocycles. The van der Waals surface area contributed by atoms with E-state index in [1.807, 2.05) is 0 Å². The van der Waals surface area contributed by atoms with Gasteiger partial charge in [-0.2, -0.15) is 0 Å². The second kappa shape index (κ2) is 61.0. The van der Waals surface area contributed by atoms with E-state index in [0.29, 0.717) is 18.1 Å². The van der Waals surface area contributed by atoms with E-state index in [2.05, 4.69) is 104 Å². The van der Waals surface area contributed by atoms with E-state index in [1.54, 1.807) is 0 Å². The molecule has 0 amide bonds. The van der Waals surface area contributed by atoms with E-state index >= 15 is 0 Å². The van der Waals surface area contributed by atoms with Crippen LogP contribution in [0.3, 0.4) is 0 Å². The Morgan fingerprint density at radius 2 is 0.611 bits per heavy atom. The highest BCUT2D eigenvalue weighted by Gasteiger charge is 2.18. The standard InChI is InChI=1S/C20H50N8.C17H43N7.C14H36N6/c1-26(2)19-25-18-20(28(16-6-11-23)17-7-12-24)8-3-13-27(14-4-9-21)15-5-10-22;1-23(2)16-21-15-17(22-11-4-8-18)7-3-12-24(13-5-9-19)14-6-10-20;1-20(2)13-18-12-14(19-11-5-8-16)6-3-9-17-10-4-7-15/h20,25H,3-19,21-24H2,1-2H3;17,21-22H,3-16,18-20H2,1-2H3;14,17-19H,3-13,15-16H2,1-2H3. The SMILES string of the molecule is CN(C)CNCC(CCCN(CCCN)CCCN)N(CCCN)CCCN.CN(C)CNCC(CCCN(CCCN)CCCN)NCCCN.CN(C)CNCC(CCCNCCCN)NCCCN. The molecule has 0 saturated heterocycles. The van der Waals surface area contributed by atoms with Gasteiger partial charge in [0, 0.05) is 57.8 Å². The smallest absolute Gasteiger partial charge is 0.0475 e. The van der Waals surface area contributed by atoms with Crippen LogP contribution in [-0.4, -0.2) is 267 Å². The van der Waals surface area contributed by atoms with Crippen LogP contribution in [-0.2, 0) is 0 Å². The molecule has 0 heterocycles. The van der Waals surface area contributed by atoms with Gasteiger partial charge in [0.05, 0.1) is 0 Å². The van der Waals surface area contributed by atoms with Gasteiger partial charge in [-0.1, -0.05) is 0 Å². The maximum absolute atomic E-state index is 5.78. The average Bonchev–Trinajstić information content (AvgIpc) is 3.35. The third-order valence-electron chi connectivity index (χ3n) is 12.1. The number of nitrogens with one attached hydrogen (secondary N) is 6. The van der Waals surface area contributed by atoms with E-state index < -0.39 is 0 Å². The molecule has 0 rings (SSSR count). The van der Waals surface area contributed by atoms with Gasteiger partial charge in [-0.05, 0) is 276 Å². The molecule has 0 aliphatic rings. The Hall–Kier alpha value is -0.840. The molecule has 0 aromatic heterocycles. The molecule has 3 unspecified atom stereocenters. The van der Waals surface area contributed by atoms with Gasteiger partial charge in [0.2, 0.25) is 0 Å². The van der Waals surface area contributed by atoms with Crippen LogP contribution in [0.15, 0.2) is 0 Å². The van der Waals surface area contributed by atoms with Crippen LogP contribution in [0, 0.1) is 0 Å². The van der Waals surface area contributed by atoms with Crippen LogP contribution in [0.5, 0.6) is 0 Å². The van der Waals surface area contributed by atoms with Crippen LogP contribution in [0.2, 0.25) is 0 Å². The highest BCUT2D eigenvalue weighted by Crippen LogP contribution is 2.11. The second-order valence-electron chi connectivity index (χ2n) is 20.2. The van der Waals surface area contributed by atoms with E-state index in [-0.39, 0.29) is 0 Å². The van der Waals surface area contributed by atoms with Gasteiger partial charge in [0.25, 0.3) is 0 Å². The summed E-state index contributed by atoms with van der Waals surface area (Å²) < 4.78 is 0. The number of nitrogens with zero attached hydrogens (tertiary/aromatic N) is 6. The van der Waals surface area contributed by atoms with Gasteiger partial charge < -0.3 is 93.3 Å². The van der Waals surface area contributed by atoms with Crippen molar-refractivity contribution in [3.63, 3.8) is 0 Å². The molecule has 21 nitrogen and oxygen atoms in total. The number of hydrogen-bond acceptors (Lipinski definition) is 21. The normalized spacial score (nSPS) is 13.1. The van der Waals surface area contributed by atoms with Crippen molar-refractivity contribution in [2.45, 2.75) is 114 Å². The molecular formula is C51H129N21. The Labute approximate surface area is 445 Å². The fraction of sp³-hybridized carbons (Fsp3) is 1.00. The lowest BCUT2D eigenvalue weighted by atomic mass is 10.1. The average molecular weight is 1040 g/mol. The highest BCUT2D eigenvalue weighted by molar-refractivity contribution is 4.77. The largest absolute Gasteiger partial charge is 0.330 e. The Morgan fingerprint density at radius 3 is 0.986 bits per heavy atom. The summed E-state index contributed by atoms with van der Waals surface area (Å²) in [5.41, 5.74) is 50.9. The summed E-state index contributed by atoms with van der Waals surface area (Å²) in [5.74, 6) is 0. The summed E-state index contributed by atoms with van der Waals surface area (Å²) in [6, 6.07) is 1.55. The molecule has 24 N–H and O–H groups in total. The highest BCUT2D eigenvalue weighted by atomic mass is 15.2. The van der Waals surface area contributed by atoms with Crippen molar-refractivity contribution in [3.8, 4) is 0 Å². The maximum Gasteiger partial charge on any atom is 0.0475 e. The number of nitrogens with two attached hydrogens (primary N) is 9. The molecule has 0 aliphatic heterocycles. The Bertz CT molecular complexity index is 967. The van der Waals surface area contributed by atoms with Crippen molar-refractivity contribution in [1.82, 2.24) is 61.3 Å². The van der Waals surface area contributed by atoms with Gasteiger partial charge in [-0.25, -0.2) is 0 Å². The zero-order chi connectivity index (χ0) is 54.1. The maximum atomic E-state index is 5.78. The fourth-order valence-electron chi connectivity index (χ4n) is 8.10. The minimum atomic E-state index is 0.502. The molecule has 0 radical (unpaired) electrons. The zero-order valence-electron chi connectivity index (χ0n) is 48.3. The molecule has 72 heavy (non-hydrogen) atoms. The molecular weight excluding hydrogens is 907 g/mol. The van der Waals surface area contributed by atoms with E-state index in [0.717, 1.165) is 235 Å².